The Morgan fingerprint density at radius 3 is 2.58 bits per heavy atom. The number of hydrogen-bond donors (Lipinski definition) is 1. The number of nitrogens with zero attached hydrogens (tertiary/aromatic N) is 3. The first-order chi connectivity index (χ1) is 18.1. The van der Waals surface area contributed by atoms with Gasteiger partial charge in [-0.25, -0.2) is 9.48 Å². The van der Waals surface area contributed by atoms with Gasteiger partial charge in [0.25, 0.3) is 0 Å². The molecule has 1 aliphatic heterocycles. The highest BCUT2D eigenvalue weighted by Gasteiger charge is 2.36. The minimum absolute atomic E-state index is 0.0882. The summed E-state index contributed by atoms with van der Waals surface area (Å²) >= 11 is 5.22. The number of ether oxygens (including phenoxy) is 2. The van der Waals surface area contributed by atoms with E-state index in [-0.39, 0.29) is 5.41 Å². The van der Waals surface area contributed by atoms with E-state index >= 15 is 0 Å². The number of halogens is 1. The molecule has 202 valence electrons. The van der Waals surface area contributed by atoms with E-state index in [2.05, 4.69) is 73.2 Å². The summed E-state index contributed by atoms with van der Waals surface area (Å²) in [7, 11) is 1.39. The minimum Gasteiger partial charge on any atom is -0.489 e. The molecular formula is C29H35BrN4O3S. The molecule has 0 spiro atoms. The summed E-state index contributed by atoms with van der Waals surface area (Å²) in [6, 6.07) is 13.8. The number of aromatic nitrogens is 3. The van der Waals surface area contributed by atoms with Gasteiger partial charge in [0.05, 0.1) is 12.7 Å². The second kappa shape index (κ2) is 11.9. The summed E-state index contributed by atoms with van der Waals surface area (Å²) in [5.41, 5.74) is 4.36. The van der Waals surface area contributed by atoms with Gasteiger partial charge < -0.3 is 14.8 Å². The van der Waals surface area contributed by atoms with Gasteiger partial charge in [-0.3, -0.25) is 0 Å². The van der Waals surface area contributed by atoms with Gasteiger partial charge in [0, 0.05) is 21.5 Å². The zero-order valence-corrected chi connectivity index (χ0v) is 25.2. The lowest BCUT2D eigenvalue weighted by atomic mass is 9.87. The highest BCUT2D eigenvalue weighted by Crippen LogP contribution is 2.41. The van der Waals surface area contributed by atoms with E-state index < -0.39 is 12.0 Å². The average molecular weight is 600 g/mol. The van der Waals surface area contributed by atoms with Crippen LogP contribution in [0.15, 0.2) is 63.4 Å². The Kier molecular flexibility index (Phi) is 8.88. The van der Waals surface area contributed by atoms with Gasteiger partial charge in [0.15, 0.2) is 0 Å². The molecule has 0 bridgehead atoms. The lowest BCUT2D eigenvalue weighted by molar-refractivity contribution is -0.136. The summed E-state index contributed by atoms with van der Waals surface area (Å²) in [6.45, 7) is 11.0. The first-order valence-electron chi connectivity index (χ1n) is 12.8. The summed E-state index contributed by atoms with van der Waals surface area (Å²) < 4.78 is 14.2. The molecule has 1 aliphatic rings. The molecule has 2 aromatic carbocycles. The molecule has 38 heavy (non-hydrogen) atoms. The van der Waals surface area contributed by atoms with Crippen LogP contribution in [-0.4, -0.2) is 33.6 Å². The van der Waals surface area contributed by atoms with Crippen molar-refractivity contribution in [1.29, 1.82) is 0 Å². The fourth-order valence-electron chi connectivity index (χ4n) is 4.29. The van der Waals surface area contributed by atoms with Crippen molar-refractivity contribution >= 4 is 39.6 Å². The van der Waals surface area contributed by atoms with E-state index in [1.54, 1.807) is 16.4 Å². The Morgan fingerprint density at radius 2 is 1.92 bits per heavy atom. The molecule has 3 aromatic rings. The van der Waals surface area contributed by atoms with Gasteiger partial charge in [0.2, 0.25) is 11.1 Å². The number of unbranched alkanes of at least 4 members (excludes halogenated alkanes) is 1. The van der Waals surface area contributed by atoms with Gasteiger partial charge in [-0.1, -0.05) is 86.1 Å². The second-order valence-electron chi connectivity index (χ2n) is 10.3. The number of carbonyl (C=O) groups excluding carboxylic acids is 1. The number of nitrogens with one attached hydrogen (secondary N) is 1. The van der Waals surface area contributed by atoms with Crippen molar-refractivity contribution in [2.24, 2.45) is 0 Å². The van der Waals surface area contributed by atoms with Crippen molar-refractivity contribution in [2.45, 2.75) is 70.7 Å². The zero-order valence-electron chi connectivity index (χ0n) is 22.8. The van der Waals surface area contributed by atoms with Gasteiger partial charge >= 0.3 is 5.97 Å². The molecule has 1 aromatic heterocycles. The van der Waals surface area contributed by atoms with Crippen LogP contribution in [0, 0.1) is 0 Å². The number of methoxy groups -OCH3 is 1. The second-order valence-corrected chi connectivity index (χ2v) is 12.3. The zero-order chi connectivity index (χ0) is 27.4. The van der Waals surface area contributed by atoms with Crippen molar-refractivity contribution in [3.63, 3.8) is 0 Å². The number of hydrogen-bond acceptors (Lipinski definition) is 7. The quantitative estimate of drug-likeness (QED) is 0.157. The number of esters is 1. The van der Waals surface area contributed by atoms with Crippen LogP contribution in [-0.2, 0) is 21.6 Å². The Bertz CT molecular complexity index is 1330. The van der Waals surface area contributed by atoms with Crippen LogP contribution >= 0.6 is 27.7 Å². The maximum absolute atomic E-state index is 13.0. The van der Waals surface area contributed by atoms with Crippen molar-refractivity contribution in [3.05, 3.63) is 74.9 Å². The van der Waals surface area contributed by atoms with Gasteiger partial charge in [-0.05, 0) is 48.1 Å². The molecule has 0 radical (unpaired) electrons. The third-order valence-electron chi connectivity index (χ3n) is 6.45. The van der Waals surface area contributed by atoms with E-state index in [1.165, 1.54) is 12.7 Å². The number of anilines is 1. The smallest absolute Gasteiger partial charge is 0.338 e. The lowest BCUT2D eigenvalue weighted by Crippen LogP contribution is -2.29. The molecule has 1 unspecified atom stereocenters. The van der Waals surface area contributed by atoms with Crippen molar-refractivity contribution < 1.29 is 14.3 Å². The fourth-order valence-corrected chi connectivity index (χ4v) is 5.58. The van der Waals surface area contributed by atoms with Crippen LogP contribution in [0.4, 0.5) is 5.95 Å². The normalized spacial score (nSPS) is 15.2. The minimum atomic E-state index is -0.567. The van der Waals surface area contributed by atoms with Crippen LogP contribution in [0.25, 0.3) is 0 Å². The third kappa shape index (κ3) is 6.26. The van der Waals surface area contributed by atoms with Gasteiger partial charge in [0.1, 0.15) is 18.4 Å². The summed E-state index contributed by atoms with van der Waals surface area (Å²) in [4.78, 5) is 17.7. The molecule has 4 rings (SSSR count). The average Bonchev–Trinajstić information content (AvgIpc) is 3.28. The Balaban J connectivity index is 1.71. The van der Waals surface area contributed by atoms with Crippen molar-refractivity contribution in [3.8, 4) is 5.75 Å². The number of carbonyl (C=O) groups is 1. The number of benzene rings is 2. The summed E-state index contributed by atoms with van der Waals surface area (Å²) in [6.07, 6.45) is 2.18. The predicted octanol–water partition coefficient (Wildman–Crippen LogP) is 7.27. The maximum Gasteiger partial charge on any atom is 0.338 e. The Hall–Kier alpha value is -2.78. The van der Waals surface area contributed by atoms with Gasteiger partial charge in [-0.15, -0.1) is 5.10 Å². The standard InChI is InChI=1S/C29H35BrN4O3S/c1-7-8-15-38-28-32-27-31-18(2)24(26(35)36-6)25(34(27)33-28)22-16-21(30)13-14-23(22)37-17-19-9-11-20(12-10-19)29(3,4)5/h9-14,16,25H,7-8,15,17H2,1-6H3,(H,31,32,33). The molecule has 0 saturated carbocycles. The number of thioether (sulfide) groups is 1. The highest BCUT2D eigenvalue weighted by molar-refractivity contribution is 9.10. The van der Waals surface area contributed by atoms with Crippen LogP contribution in [0.5, 0.6) is 5.75 Å². The van der Waals surface area contributed by atoms with Crippen LogP contribution in [0.2, 0.25) is 0 Å². The van der Waals surface area contributed by atoms with E-state index in [0.717, 1.165) is 34.2 Å². The van der Waals surface area contributed by atoms with E-state index in [4.69, 9.17) is 19.6 Å². The Labute approximate surface area is 237 Å². The number of rotatable bonds is 9. The summed E-state index contributed by atoms with van der Waals surface area (Å²) in [5.74, 6) is 1.75. The molecule has 0 aliphatic carbocycles. The predicted molar refractivity (Wildman–Crippen MR) is 156 cm³/mol. The molecule has 1 atom stereocenters. The molecular weight excluding hydrogens is 564 g/mol. The molecule has 9 heteroatoms. The van der Waals surface area contributed by atoms with E-state index in [0.29, 0.717) is 34.7 Å². The van der Waals surface area contributed by atoms with Crippen molar-refractivity contribution in [2.75, 3.05) is 18.2 Å². The fraction of sp³-hybridized carbons (Fsp3) is 0.414. The summed E-state index contributed by atoms with van der Waals surface area (Å²) in [5, 5.41) is 8.71. The largest absolute Gasteiger partial charge is 0.489 e. The Morgan fingerprint density at radius 1 is 1.18 bits per heavy atom. The maximum atomic E-state index is 13.0. The monoisotopic (exact) mass is 598 g/mol. The van der Waals surface area contributed by atoms with E-state index in [1.807, 2.05) is 25.1 Å². The number of allylic oxidation sites excluding steroid dienone is 1. The van der Waals surface area contributed by atoms with E-state index in [9.17, 15) is 4.79 Å². The van der Waals surface area contributed by atoms with Crippen LogP contribution < -0.4 is 10.1 Å². The first kappa shape index (κ1) is 28.2. The lowest BCUT2D eigenvalue weighted by Gasteiger charge is -2.29. The van der Waals surface area contributed by atoms with Gasteiger partial charge in [-0.2, -0.15) is 4.98 Å². The molecule has 2 heterocycles. The van der Waals surface area contributed by atoms with Crippen LogP contribution in [0.1, 0.15) is 70.2 Å². The van der Waals surface area contributed by atoms with Crippen molar-refractivity contribution in [1.82, 2.24) is 14.8 Å². The van der Waals surface area contributed by atoms with Crippen LogP contribution in [0.3, 0.4) is 0 Å². The highest BCUT2D eigenvalue weighted by atomic mass is 79.9. The molecule has 7 nitrogen and oxygen atoms in total. The third-order valence-corrected chi connectivity index (χ3v) is 7.87. The molecule has 0 amide bonds. The molecule has 0 fully saturated rings. The topological polar surface area (TPSA) is 78.3 Å². The SMILES string of the molecule is CCCCSc1nc2n(n1)C(c1cc(Br)ccc1OCc1ccc(C(C)(C)C)cc1)C(C(=O)OC)=C(C)N2. The molecule has 0 saturated heterocycles. The first-order valence-corrected chi connectivity index (χ1v) is 14.6. The number of fused-ring (bicyclic) bond motifs is 1. The molecule has 1 N–H and O–H groups in total.